The molecule has 1 heteroatoms. The van der Waals surface area contributed by atoms with Crippen molar-refractivity contribution in [3.8, 4) is 0 Å². The lowest BCUT2D eigenvalue weighted by Crippen LogP contribution is -2.26. The van der Waals surface area contributed by atoms with Gasteiger partial charge < -0.3 is 5.11 Å². The predicted molar refractivity (Wildman–Crippen MR) is 66.1 cm³/mol. The highest BCUT2D eigenvalue weighted by Gasteiger charge is 2.10. The number of benzene rings is 1. The van der Waals surface area contributed by atoms with Crippen LogP contribution in [0.3, 0.4) is 0 Å². The fourth-order valence-corrected chi connectivity index (χ4v) is 2.22. The van der Waals surface area contributed by atoms with Crippen molar-refractivity contribution in [3.63, 3.8) is 0 Å². The molecule has 0 aromatic heterocycles. The second-order valence-corrected chi connectivity index (χ2v) is 4.02. The van der Waals surface area contributed by atoms with E-state index >= 15 is 0 Å². The van der Waals surface area contributed by atoms with Crippen LogP contribution >= 0.6 is 0 Å². The zero-order chi connectivity index (χ0) is 11.0. The molecule has 3 rings (SSSR count). The summed E-state index contributed by atoms with van der Waals surface area (Å²) in [6, 6.07) is 8.36. The second kappa shape index (κ2) is 3.53. The molecule has 16 heavy (non-hydrogen) atoms. The standard InChI is InChI=1S/C15H12O/c16-13-8-9-15-12(10-13)6-3-5-11-4-1-2-7-14(11)15/h1-8,10,16H,9H2. The molecule has 0 heterocycles. The average molecular weight is 208 g/mol. The zero-order valence-corrected chi connectivity index (χ0v) is 8.85. The Morgan fingerprint density at radius 3 is 2.94 bits per heavy atom. The molecule has 0 saturated carbocycles. The molecular formula is C15H12O. The molecular weight excluding hydrogens is 196 g/mol. The van der Waals surface area contributed by atoms with Crippen LogP contribution in [-0.4, -0.2) is 5.11 Å². The molecule has 1 nitrogen and oxygen atoms in total. The molecule has 0 fully saturated rings. The van der Waals surface area contributed by atoms with Crippen LogP contribution in [0.1, 0.15) is 6.42 Å². The smallest absolute Gasteiger partial charge is 0.112 e. The van der Waals surface area contributed by atoms with Gasteiger partial charge in [0.1, 0.15) is 5.76 Å². The van der Waals surface area contributed by atoms with Crippen LogP contribution in [-0.2, 0) is 0 Å². The van der Waals surface area contributed by atoms with Crippen molar-refractivity contribution < 1.29 is 5.11 Å². The molecule has 1 aromatic rings. The molecule has 0 saturated heterocycles. The molecule has 0 unspecified atom stereocenters. The summed E-state index contributed by atoms with van der Waals surface area (Å²) in [5.74, 6) is 0.364. The monoisotopic (exact) mass is 208 g/mol. The van der Waals surface area contributed by atoms with Gasteiger partial charge in [-0.1, -0.05) is 42.5 Å². The number of allylic oxidation sites excluding steroid dienone is 5. The fraction of sp³-hybridized carbons (Fsp3) is 0.0667. The van der Waals surface area contributed by atoms with Crippen LogP contribution in [0.4, 0.5) is 0 Å². The Morgan fingerprint density at radius 1 is 1.12 bits per heavy atom. The van der Waals surface area contributed by atoms with Crippen molar-refractivity contribution >= 4 is 11.6 Å². The summed E-state index contributed by atoms with van der Waals surface area (Å²) < 4.78 is 0. The summed E-state index contributed by atoms with van der Waals surface area (Å²) in [6.45, 7) is 0. The van der Waals surface area contributed by atoms with E-state index < -0.39 is 0 Å². The molecule has 0 spiro atoms. The molecule has 0 atom stereocenters. The number of hydrogen-bond acceptors (Lipinski definition) is 1. The maximum Gasteiger partial charge on any atom is 0.112 e. The van der Waals surface area contributed by atoms with E-state index in [-0.39, 0.29) is 0 Å². The fourth-order valence-electron chi connectivity index (χ4n) is 2.22. The highest BCUT2D eigenvalue weighted by molar-refractivity contribution is 5.74. The van der Waals surface area contributed by atoms with E-state index in [0.717, 1.165) is 12.0 Å². The molecule has 0 bridgehead atoms. The van der Waals surface area contributed by atoms with Crippen molar-refractivity contribution in [1.82, 2.24) is 0 Å². The summed E-state index contributed by atoms with van der Waals surface area (Å²) in [5.41, 5.74) is 2.40. The number of rotatable bonds is 0. The quantitative estimate of drug-likeness (QED) is 0.691. The lowest BCUT2D eigenvalue weighted by atomic mass is 9.95. The first-order chi connectivity index (χ1) is 7.84. The summed E-state index contributed by atoms with van der Waals surface area (Å²) in [6.07, 6.45) is 10.7. The molecule has 0 amide bonds. The van der Waals surface area contributed by atoms with Gasteiger partial charge in [-0.3, -0.25) is 0 Å². The van der Waals surface area contributed by atoms with Crippen molar-refractivity contribution in [1.29, 1.82) is 0 Å². The number of aliphatic hydroxyl groups is 1. The summed E-state index contributed by atoms with van der Waals surface area (Å²) in [5, 5.41) is 12.0. The molecule has 0 aliphatic heterocycles. The minimum absolute atomic E-state index is 0.364. The van der Waals surface area contributed by atoms with Crippen molar-refractivity contribution in [3.05, 3.63) is 70.3 Å². The van der Waals surface area contributed by atoms with E-state index in [0.29, 0.717) is 5.76 Å². The highest BCUT2D eigenvalue weighted by atomic mass is 16.3. The Labute approximate surface area is 94.1 Å². The van der Waals surface area contributed by atoms with E-state index in [9.17, 15) is 5.11 Å². The van der Waals surface area contributed by atoms with Gasteiger partial charge in [-0.15, -0.1) is 0 Å². The van der Waals surface area contributed by atoms with E-state index in [4.69, 9.17) is 0 Å². The molecule has 78 valence electrons. The maximum absolute atomic E-state index is 9.52. The lowest BCUT2D eigenvalue weighted by Gasteiger charge is -2.11. The molecule has 2 aliphatic carbocycles. The van der Waals surface area contributed by atoms with Crippen LogP contribution < -0.4 is 10.4 Å². The van der Waals surface area contributed by atoms with Crippen molar-refractivity contribution in [2.24, 2.45) is 0 Å². The second-order valence-electron chi connectivity index (χ2n) is 4.02. The highest BCUT2D eigenvalue weighted by Crippen LogP contribution is 2.23. The van der Waals surface area contributed by atoms with Gasteiger partial charge in [0.15, 0.2) is 0 Å². The minimum atomic E-state index is 0.364. The summed E-state index contributed by atoms with van der Waals surface area (Å²) in [7, 11) is 0. The van der Waals surface area contributed by atoms with Gasteiger partial charge in [0.25, 0.3) is 0 Å². The van der Waals surface area contributed by atoms with Gasteiger partial charge in [0.05, 0.1) is 0 Å². The van der Waals surface area contributed by atoms with E-state index in [1.165, 1.54) is 16.0 Å². The third kappa shape index (κ3) is 1.41. The Kier molecular flexibility index (Phi) is 2.03. The van der Waals surface area contributed by atoms with Crippen LogP contribution in [0.15, 0.2) is 59.9 Å². The number of hydrogen-bond donors (Lipinski definition) is 1. The van der Waals surface area contributed by atoms with Gasteiger partial charge in [0.2, 0.25) is 0 Å². The third-order valence-electron chi connectivity index (χ3n) is 3.00. The molecule has 1 N–H and O–H groups in total. The largest absolute Gasteiger partial charge is 0.508 e. The first kappa shape index (κ1) is 9.22. The molecule has 0 radical (unpaired) electrons. The van der Waals surface area contributed by atoms with Crippen molar-refractivity contribution in [2.45, 2.75) is 6.42 Å². The van der Waals surface area contributed by atoms with Gasteiger partial charge >= 0.3 is 0 Å². The minimum Gasteiger partial charge on any atom is -0.508 e. The SMILES string of the molecule is OC1=CCC2=c3ccccc3=CC=CC2=C1. The van der Waals surface area contributed by atoms with Crippen LogP contribution in [0.5, 0.6) is 0 Å². The topological polar surface area (TPSA) is 20.2 Å². The Bertz CT molecular complexity index is 642. The molecule has 2 aliphatic rings. The van der Waals surface area contributed by atoms with Crippen LogP contribution in [0.2, 0.25) is 0 Å². The third-order valence-corrected chi connectivity index (χ3v) is 3.00. The number of aliphatic hydroxyl groups excluding tert-OH is 1. The van der Waals surface area contributed by atoms with Crippen LogP contribution in [0, 0.1) is 0 Å². The van der Waals surface area contributed by atoms with Crippen molar-refractivity contribution in [2.75, 3.05) is 0 Å². The lowest BCUT2D eigenvalue weighted by molar-refractivity contribution is 0.429. The zero-order valence-electron chi connectivity index (χ0n) is 8.85. The van der Waals surface area contributed by atoms with E-state index in [1.807, 2.05) is 18.2 Å². The summed E-state index contributed by atoms with van der Waals surface area (Å²) in [4.78, 5) is 0. The van der Waals surface area contributed by atoms with Gasteiger partial charge in [-0.2, -0.15) is 0 Å². The Balaban J connectivity index is 2.39. The van der Waals surface area contributed by atoms with Gasteiger partial charge in [-0.25, -0.2) is 0 Å². The average Bonchev–Trinajstić information content (AvgIpc) is 2.47. The summed E-state index contributed by atoms with van der Waals surface area (Å²) >= 11 is 0. The van der Waals surface area contributed by atoms with E-state index in [1.54, 1.807) is 0 Å². The van der Waals surface area contributed by atoms with E-state index in [2.05, 4.69) is 36.4 Å². The normalized spacial score (nSPS) is 17.6. The number of fused-ring (bicyclic) bond motifs is 2. The Hall–Kier alpha value is -2.02. The van der Waals surface area contributed by atoms with Gasteiger partial charge in [0, 0.05) is 0 Å². The maximum atomic E-state index is 9.52. The Morgan fingerprint density at radius 2 is 2.00 bits per heavy atom. The molecule has 1 aromatic carbocycles. The predicted octanol–water partition coefficient (Wildman–Crippen LogP) is 1.96. The van der Waals surface area contributed by atoms with Gasteiger partial charge in [-0.05, 0) is 40.2 Å². The first-order valence-corrected chi connectivity index (χ1v) is 5.42. The first-order valence-electron chi connectivity index (χ1n) is 5.42. The van der Waals surface area contributed by atoms with Crippen LogP contribution in [0.25, 0.3) is 11.6 Å².